The molecule has 1 N–H and O–H groups in total. The van der Waals surface area contributed by atoms with Crippen LogP contribution in [0.1, 0.15) is 18.9 Å². The molecule has 0 aromatic heterocycles. The van der Waals surface area contributed by atoms with Gasteiger partial charge in [0.25, 0.3) is 0 Å². The maximum absolute atomic E-state index is 13.8. The van der Waals surface area contributed by atoms with E-state index in [-0.39, 0.29) is 0 Å². The Morgan fingerprint density at radius 3 is 1.52 bits per heavy atom. The minimum atomic E-state index is -7.49. The standard InChI is InChI=1S/C14H10BrF11O/c1-9(27,7-2-4-8(15)5-3-7)6-10(16,17)11(18,19)12(20,21)13(22,23)14(24,25)26/h2-5,27H,6H2,1H3. The number of alkyl halides is 11. The van der Waals surface area contributed by atoms with E-state index in [4.69, 9.17) is 0 Å². The van der Waals surface area contributed by atoms with Gasteiger partial charge in [-0.25, -0.2) is 0 Å². The van der Waals surface area contributed by atoms with Crippen LogP contribution in [0, 0.1) is 0 Å². The summed E-state index contributed by atoms with van der Waals surface area (Å²) in [6, 6.07) is 4.18. The molecule has 0 saturated heterocycles. The van der Waals surface area contributed by atoms with Gasteiger partial charge in [-0.1, -0.05) is 28.1 Å². The second kappa shape index (κ2) is 6.75. The highest BCUT2D eigenvalue weighted by molar-refractivity contribution is 9.10. The van der Waals surface area contributed by atoms with E-state index in [0.717, 1.165) is 24.3 Å². The predicted molar refractivity (Wildman–Crippen MR) is 74.2 cm³/mol. The van der Waals surface area contributed by atoms with E-state index in [0.29, 0.717) is 11.4 Å². The monoisotopic (exact) mass is 482 g/mol. The van der Waals surface area contributed by atoms with Crippen LogP contribution in [0.5, 0.6) is 0 Å². The number of benzene rings is 1. The Morgan fingerprint density at radius 1 is 0.741 bits per heavy atom. The number of halogens is 12. The van der Waals surface area contributed by atoms with Crippen LogP contribution in [0.3, 0.4) is 0 Å². The van der Waals surface area contributed by atoms with Gasteiger partial charge < -0.3 is 5.11 Å². The maximum Gasteiger partial charge on any atom is 0.460 e. The molecule has 0 amide bonds. The topological polar surface area (TPSA) is 20.2 Å². The molecule has 0 bridgehead atoms. The highest BCUT2D eigenvalue weighted by atomic mass is 79.9. The summed E-state index contributed by atoms with van der Waals surface area (Å²) in [5.74, 6) is -28.2. The van der Waals surface area contributed by atoms with Crippen LogP contribution in [0.4, 0.5) is 48.3 Å². The maximum atomic E-state index is 13.8. The van der Waals surface area contributed by atoms with Gasteiger partial charge in [0.2, 0.25) is 0 Å². The third-order valence-corrected chi connectivity index (χ3v) is 4.17. The molecule has 0 spiro atoms. The second-order valence-electron chi connectivity index (χ2n) is 5.88. The largest absolute Gasteiger partial charge is 0.460 e. The van der Waals surface area contributed by atoms with Crippen LogP contribution in [-0.4, -0.2) is 35.0 Å². The van der Waals surface area contributed by atoms with Crippen LogP contribution >= 0.6 is 15.9 Å². The van der Waals surface area contributed by atoms with Gasteiger partial charge in [-0.3, -0.25) is 0 Å². The lowest BCUT2D eigenvalue weighted by Crippen LogP contribution is -2.67. The molecule has 1 aromatic carbocycles. The van der Waals surface area contributed by atoms with E-state index in [1.54, 1.807) is 0 Å². The van der Waals surface area contributed by atoms with Crippen LogP contribution in [-0.2, 0) is 5.60 Å². The highest BCUT2D eigenvalue weighted by Gasteiger charge is 2.87. The summed E-state index contributed by atoms with van der Waals surface area (Å²) in [5.41, 5.74) is -3.45. The number of aliphatic hydroxyl groups is 1. The van der Waals surface area contributed by atoms with Gasteiger partial charge in [0.1, 0.15) is 0 Å². The average molecular weight is 483 g/mol. The van der Waals surface area contributed by atoms with Crippen LogP contribution in [0.25, 0.3) is 0 Å². The number of hydrogen-bond donors (Lipinski definition) is 1. The number of rotatable bonds is 6. The van der Waals surface area contributed by atoms with Crippen molar-refractivity contribution >= 4 is 15.9 Å². The molecular formula is C14H10BrF11O. The smallest absolute Gasteiger partial charge is 0.385 e. The van der Waals surface area contributed by atoms with Gasteiger partial charge >= 0.3 is 29.9 Å². The molecule has 1 nitrogen and oxygen atoms in total. The van der Waals surface area contributed by atoms with E-state index in [2.05, 4.69) is 15.9 Å². The zero-order chi connectivity index (χ0) is 21.7. The van der Waals surface area contributed by atoms with E-state index < -0.39 is 47.5 Å². The van der Waals surface area contributed by atoms with Gasteiger partial charge in [0.05, 0.1) is 12.0 Å². The summed E-state index contributed by atoms with van der Waals surface area (Å²) in [4.78, 5) is 0. The van der Waals surface area contributed by atoms with Crippen LogP contribution in [0.15, 0.2) is 28.7 Å². The van der Waals surface area contributed by atoms with Gasteiger partial charge in [0.15, 0.2) is 0 Å². The van der Waals surface area contributed by atoms with Gasteiger partial charge in [0, 0.05) is 4.47 Å². The normalized spacial score (nSPS) is 17.0. The fourth-order valence-electron chi connectivity index (χ4n) is 2.06. The molecule has 0 aliphatic rings. The Kier molecular flexibility index (Phi) is 5.98. The molecule has 1 unspecified atom stereocenters. The van der Waals surface area contributed by atoms with Crippen molar-refractivity contribution in [2.45, 2.75) is 48.8 Å². The molecule has 1 atom stereocenters. The summed E-state index contributed by atoms with van der Waals surface area (Å²) >= 11 is 2.93. The van der Waals surface area contributed by atoms with Crippen LogP contribution in [0.2, 0.25) is 0 Å². The molecule has 156 valence electrons. The molecule has 1 aromatic rings. The zero-order valence-electron chi connectivity index (χ0n) is 13.0. The molecule has 0 aliphatic heterocycles. The lowest BCUT2D eigenvalue weighted by molar-refractivity contribution is -0.424. The van der Waals surface area contributed by atoms with Crippen molar-refractivity contribution in [1.29, 1.82) is 0 Å². The average Bonchev–Trinajstić information content (AvgIpc) is 2.44. The minimum absolute atomic E-state index is 0.357. The molecule has 0 heterocycles. The van der Waals surface area contributed by atoms with E-state index in [1.807, 2.05) is 0 Å². The molecule has 0 radical (unpaired) electrons. The SMILES string of the molecule is CC(O)(CC(F)(F)C(F)(F)C(F)(F)C(F)(F)C(F)(F)F)c1ccc(Br)cc1. The van der Waals surface area contributed by atoms with E-state index >= 15 is 0 Å². The Bertz CT molecular complexity index is 665. The number of hydrogen-bond acceptors (Lipinski definition) is 1. The van der Waals surface area contributed by atoms with Gasteiger partial charge in [-0.05, 0) is 24.6 Å². The van der Waals surface area contributed by atoms with Gasteiger partial charge in [-0.2, -0.15) is 48.3 Å². The molecule has 0 aliphatic carbocycles. The third-order valence-electron chi connectivity index (χ3n) is 3.64. The first-order chi connectivity index (χ1) is 11.7. The summed E-state index contributed by atoms with van der Waals surface area (Å²) < 4.78 is 143. The summed E-state index contributed by atoms with van der Waals surface area (Å²) in [6.07, 6.45) is -9.78. The third kappa shape index (κ3) is 4.03. The van der Waals surface area contributed by atoms with Crippen molar-refractivity contribution in [2.24, 2.45) is 0 Å². The van der Waals surface area contributed by atoms with Crippen LogP contribution < -0.4 is 0 Å². The Balaban J connectivity index is 3.33. The Hall–Kier alpha value is -1.11. The van der Waals surface area contributed by atoms with Crippen molar-refractivity contribution < 1.29 is 53.4 Å². The minimum Gasteiger partial charge on any atom is -0.385 e. The fourth-order valence-corrected chi connectivity index (χ4v) is 2.32. The summed E-state index contributed by atoms with van der Waals surface area (Å²) in [7, 11) is 0. The predicted octanol–water partition coefficient (Wildman–Crippen LogP) is 6.15. The van der Waals surface area contributed by atoms with Crippen molar-refractivity contribution in [3.63, 3.8) is 0 Å². The van der Waals surface area contributed by atoms with E-state index in [9.17, 15) is 53.4 Å². The molecular weight excluding hydrogens is 473 g/mol. The lowest BCUT2D eigenvalue weighted by Gasteiger charge is -2.39. The first kappa shape index (κ1) is 23.9. The molecule has 0 fully saturated rings. The molecule has 13 heteroatoms. The van der Waals surface area contributed by atoms with Crippen molar-refractivity contribution in [2.75, 3.05) is 0 Å². The zero-order valence-corrected chi connectivity index (χ0v) is 14.6. The van der Waals surface area contributed by atoms with Gasteiger partial charge in [-0.15, -0.1) is 0 Å². The Labute approximate surface area is 153 Å². The highest BCUT2D eigenvalue weighted by Crippen LogP contribution is 2.59. The fraction of sp³-hybridized carbons (Fsp3) is 0.571. The van der Waals surface area contributed by atoms with Crippen molar-refractivity contribution in [3.05, 3.63) is 34.3 Å². The van der Waals surface area contributed by atoms with Crippen molar-refractivity contribution in [3.8, 4) is 0 Å². The summed E-state index contributed by atoms with van der Waals surface area (Å²) in [5, 5.41) is 9.92. The summed E-state index contributed by atoms with van der Waals surface area (Å²) in [6.45, 7) is 0.486. The first-order valence-electron chi connectivity index (χ1n) is 6.77. The molecule has 27 heavy (non-hydrogen) atoms. The second-order valence-corrected chi connectivity index (χ2v) is 6.80. The lowest BCUT2D eigenvalue weighted by atomic mass is 9.85. The molecule has 0 saturated carbocycles. The molecule has 1 rings (SSSR count). The van der Waals surface area contributed by atoms with E-state index in [1.165, 1.54) is 0 Å². The van der Waals surface area contributed by atoms with Crippen molar-refractivity contribution in [1.82, 2.24) is 0 Å². The first-order valence-corrected chi connectivity index (χ1v) is 7.56. The quantitative estimate of drug-likeness (QED) is 0.482. The Morgan fingerprint density at radius 2 is 1.15 bits per heavy atom.